The molecule has 0 aromatic rings. The molecule has 0 bridgehead atoms. The Balaban J connectivity index is 2.66. The Morgan fingerprint density at radius 3 is 2.80 bits per heavy atom. The van der Waals surface area contributed by atoms with Crippen molar-refractivity contribution in [1.82, 2.24) is 4.90 Å². The standard InChI is InChI=1S/C11H22N2O2/c1-3-11(8-14)5-4-6-13(7-11)9(2)10(12)15/h9,14H,3-8H2,1-2H3,(H2,12,15). The molecule has 4 heteroatoms. The van der Waals surface area contributed by atoms with Gasteiger partial charge < -0.3 is 10.8 Å². The summed E-state index contributed by atoms with van der Waals surface area (Å²) in [6.45, 7) is 5.82. The first kappa shape index (κ1) is 12.5. The Morgan fingerprint density at radius 2 is 2.33 bits per heavy atom. The van der Waals surface area contributed by atoms with Crippen molar-refractivity contribution in [2.45, 2.75) is 39.2 Å². The van der Waals surface area contributed by atoms with Crippen LogP contribution in [0.25, 0.3) is 0 Å². The number of hydrogen-bond acceptors (Lipinski definition) is 3. The van der Waals surface area contributed by atoms with E-state index in [0.29, 0.717) is 0 Å². The largest absolute Gasteiger partial charge is 0.396 e. The summed E-state index contributed by atoms with van der Waals surface area (Å²) in [6.07, 6.45) is 3.03. The summed E-state index contributed by atoms with van der Waals surface area (Å²) < 4.78 is 0. The molecule has 2 atom stereocenters. The van der Waals surface area contributed by atoms with E-state index in [4.69, 9.17) is 5.73 Å². The maximum Gasteiger partial charge on any atom is 0.234 e. The number of piperidine rings is 1. The first-order chi connectivity index (χ1) is 7.04. The molecule has 1 aliphatic rings. The van der Waals surface area contributed by atoms with Gasteiger partial charge in [0.1, 0.15) is 0 Å². The predicted molar refractivity (Wildman–Crippen MR) is 59.3 cm³/mol. The zero-order chi connectivity index (χ0) is 11.5. The highest BCUT2D eigenvalue weighted by Crippen LogP contribution is 2.33. The minimum atomic E-state index is -0.278. The zero-order valence-electron chi connectivity index (χ0n) is 9.70. The van der Waals surface area contributed by atoms with Gasteiger partial charge in [0.05, 0.1) is 6.04 Å². The second kappa shape index (κ2) is 4.94. The van der Waals surface area contributed by atoms with Crippen LogP contribution in [0.1, 0.15) is 33.1 Å². The van der Waals surface area contributed by atoms with Crippen molar-refractivity contribution in [3.05, 3.63) is 0 Å². The second-order valence-corrected chi connectivity index (χ2v) is 4.66. The number of aliphatic hydroxyl groups is 1. The summed E-state index contributed by atoms with van der Waals surface area (Å²) in [6, 6.07) is -0.220. The molecule has 0 aliphatic carbocycles. The van der Waals surface area contributed by atoms with Crippen LogP contribution < -0.4 is 5.73 Å². The van der Waals surface area contributed by atoms with Gasteiger partial charge in [-0.05, 0) is 32.7 Å². The molecular formula is C11H22N2O2. The molecule has 15 heavy (non-hydrogen) atoms. The number of carbonyl (C=O) groups is 1. The zero-order valence-corrected chi connectivity index (χ0v) is 9.70. The van der Waals surface area contributed by atoms with E-state index in [-0.39, 0.29) is 24.0 Å². The predicted octanol–water partition coefficient (Wildman–Crippen LogP) is 0.345. The van der Waals surface area contributed by atoms with Crippen LogP contribution in [0.5, 0.6) is 0 Å². The minimum Gasteiger partial charge on any atom is -0.396 e. The average Bonchev–Trinajstić information content (AvgIpc) is 2.28. The lowest BCUT2D eigenvalue weighted by atomic mass is 9.78. The second-order valence-electron chi connectivity index (χ2n) is 4.66. The van der Waals surface area contributed by atoms with Crippen LogP contribution in [0.3, 0.4) is 0 Å². The lowest BCUT2D eigenvalue weighted by Gasteiger charge is -2.43. The van der Waals surface area contributed by atoms with Crippen molar-refractivity contribution in [3.63, 3.8) is 0 Å². The van der Waals surface area contributed by atoms with Gasteiger partial charge in [-0.1, -0.05) is 6.92 Å². The molecular weight excluding hydrogens is 192 g/mol. The number of carbonyl (C=O) groups excluding carboxylic acids is 1. The van der Waals surface area contributed by atoms with E-state index in [9.17, 15) is 9.90 Å². The van der Waals surface area contributed by atoms with E-state index in [1.807, 2.05) is 6.92 Å². The van der Waals surface area contributed by atoms with Crippen LogP contribution in [0, 0.1) is 5.41 Å². The van der Waals surface area contributed by atoms with Gasteiger partial charge in [0.25, 0.3) is 0 Å². The third-order valence-electron chi connectivity index (χ3n) is 3.74. The molecule has 1 aliphatic heterocycles. The molecule has 0 spiro atoms. The minimum absolute atomic E-state index is 0.0258. The molecule has 0 aromatic heterocycles. The summed E-state index contributed by atoms with van der Waals surface area (Å²) in [7, 11) is 0. The van der Waals surface area contributed by atoms with E-state index in [0.717, 1.165) is 32.4 Å². The van der Waals surface area contributed by atoms with Gasteiger partial charge >= 0.3 is 0 Å². The Hall–Kier alpha value is -0.610. The highest BCUT2D eigenvalue weighted by atomic mass is 16.3. The average molecular weight is 214 g/mol. The maximum atomic E-state index is 11.1. The molecule has 3 N–H and O–H groups in total. The fourth-order valence-electron chi connectivity index (χ4n) is 2.29. The number of nitrogens with two attached hydrogens (primary N) is 1. The van der Waals surface area contributed by atoms with Gasteiger partial charge in [-0.3, -0.25) is 9.69 Å². The molecule has 0 aromatic carbocycles. The lowest BCUT2D eigenvalue weighted by Crippen LogP contribution is -2.52. The molecule has 88 valence electrons. The molecule has 0 saturated carbocycles. The number of primary amides is 1. The molecule has 1 saturated heterocycles. The summed E-state index contributed by atoms with van der Waals surface area (Å²) in [5.41, 5.74) is 5.27. The number of nitrogens with zero attached hydrogens (tertiary/aromatic N) is 1. The van der Waals surface area contributed by atoms with E-state index in [2.05, 4.69) is 11.8 Å². The third kappa shape index (κ3) is 2.69. The smallest absolute Gasteiger partial charge is 0.234 e. The van der Waals surface area contributed by atoms with E-state index in [1.54, 1.807) is 0 Å². The Kier molecular flexibility index (Phi) is 4.11. The molecule has 1 rings (SSSR count). The van der Waals surface area contributed by atoms with Crippen LogP contribution in [-0.2, 0) is 4.79 Å². The van der Waals surface area contributed by atoms with Crippen molar-refractivity contribution in [1.29, 1.82) is 0 Å². The van der Waals surface area contributed by atoms with E-state index < -0.39 is 0 Å². The molecule has 1 heterocycles. The van der Waals surface area contributed by atoms with E-state index >= 15 is 0 Å². The van der Waals surface area contributed by atoms with Crippen molar-refractivity contribution >= 4 is 5.91 Å². The van der Waals surface area contributed by atoms with Crippen molar-refractivity contribution < 1.29 is 9.90 Å². The quantitative estimate of drug-likeness (QED) is 0.709. The topological polar surface area (TPSA) is 66.6 Å². The summed E-state index contributed by atoms with van der Waals surface area (Å²) in [5, 5.41) is 9.44. The Bertz CT molecular complexity index is 227. The fourth-order valence-corrected chi connectivity index (χ4v) is 2.29. The maximum absolute atomic E-state index is 11.1. The number of amides is 1. The first-order valence-electron chi connectivity index (χ1n) is 5.69. The summed E-state index contributed by atoms with van der Waals surface area (Å²) in [5.74, 6) is -0.278. The highest BCUT2D eigenvalue weighted by Gasteiger charge is 2.35. The van der Waals surface area contributed by atoms with E-state index in [1.165, 1.54) is 0 Å². The number of hydrogen-bond donors (Lipinski definition) is 2. The van der Waals surface area contributed by atoms with Crippen molar-refractivity contribution in [2.24, 2.45) is 11.1 Å². The van der Waals surface area contributed by atoms with Crippen LogP contribution in [0.15, 0.2) is 0 Å². The Labute approximate surface area is 91.4 Å². The van der Waals surface area contributed by atoms with Crippen LogP contribution in [0.2, 0.25) is 0 Å². The summed E-state index contributed by atoms with van der Waals surface area (Å²) in [4.78, 5) is 13.2. The lowest BCUT2D eigenvalue weighted by molar-refractivity contribution is -0.124. The van der Waals surface area contributed by atoms with Gasteiger partial charge in [0.2, 0.25) is 5.91 Å². The van der Waals surface area contributed by atoms with Crippen molar-refractivity contribution in [3.8, 4) is 0 Å². The van der Waals surface area contributed by atoms with Gasteiger partial charge in [-0.25, -0.2) is 0 Å². The molecule has 1 amide bonds. The third-order valence-corrected chi connectivity index (χ3v) is 3.74. The molecule has 1 fully saturated rings. The van der Waals surface area contributed by atoms with Crippen LogP contribution >= 0.6 is 0 Å². The number of aliphatic hydroxyl groups excluding tert-OH is 1. The monoisotopic (exact) mass is 214 g/mol. The Morgan fingerprint density at radius 1 is 1.67 bits per heavy atom. The number of likely N-dealkylation sites (tertiary alicyclic amines) is 1. The highest BCUT2D eigenvalue weighted by molar-refractivity contribution is 5.79. The van der Waals surface area contributed by atoms with Gasteiger partial charge in [0.15, 0.2) is 0 Å². The summed E-state index contributed by atoms with van der Waals surface area (Å²) >= 11 is 0. The first-order valence-corrected chi connectivity index (χ1v) is 5.69. The molecule has 0 radical (unpaired) electrons. The van der Waals surface area contributed by atoms with Gasteiger partial charge in [0, 0.05) is 18.6 Å². The normalized spacial score (nSPS) is 30.1. The molecule has 4 nitrogen and oxygen atoms in total. The van der Waals surface area contributed by atoms with Gasteiger partial charge in [-0.2, -0.15) is 0 Å². The fraction of sp³-hybridized carbons (Fsp3) is 0.909. The van der Waals surface area contributed by atoms with Crippen LogP contribution in [-0.4, -0.2) is 41.7 Å². The number of rotatable bonds is 4. The van der Waals surface area contributed by atoms with Crippen molar-refractivity contribution in [2.75, 3.05) is 19.7 Å². The SMILES string of the molecule is CCC1(CO)CCCN(C(C)C(N)=O)C1. The van der Waals surface area contributed by atoms with Gasteiger partial charge in [-0.15, -0.1) is 0 Å². The van der Waals surface area contributed by atoms with Crippen LogP contribution in [0.4, 0.5) is 0 Å². The molecule has 2 unspecified atom stereocenters.